The number of benzene rings is 5. The third-order valence-electron chi connectivity index (χ3n) is 9.14. The van der Waals surface area contributed by atoms with Gasteiger partial charge in [-0.05, 0) is 29.8 Å². The lowest BCUT2D eigenvalue weighted by Gasteiger charge is -2.35. The molecule has 2 aromatic heterocycles. The van der Waals surface area contributed by atoms with Gasteiger partial charge in [-0.15, -0.1) is 11.3 Å². The number of aromatic nitrogens is 2. The molecular formula is C40H25N4S+. The number of anilines is 2. The fourth-order valence-corrected chi connectivity index (χ4v) is 8.45. The van der Waals surface area contributed by atoms with Gasteiger partial charge in [0.25, 0.3) is 0 Å². The highest BCUT2D eigenvalue weighted by Crippen LogP contribution is 2.56. The summed E-state index contributed by atoms with van der Waals surface area (Å²) < 4.78 is 4.94. The van der Waals surface area contributed by atoms with Gasteiger partial charge in [0.15, 0.2) is 11.4 Å². The second-order valence-electron chi connectivity index (χ2n) is 11.6. The maximum absolute atomic E-state index is 5.27. The summed E-state index contributed by atoms with van der Waals surface area (Å²) in [6.45, 7) is 0. The van der Waals surface area contributed by atoms with Gasteiger partial charge in [0, 0.05) is 38.2 Å². The fourth-order valence-electron chi connectivity index (χ4n) is 7.20. The minimum absolute atomic E-state index is 0.0138. The van der Waals surface area contributed by atoms with Crippen LogP contribution in [0.15, 0.2) is 146 Å². The zero-order valence-corrected chi connectivity index (χ0v) is 24.9. The molecule has 0 saturated carbocycles. The lowest BCUT2D eigenvalue weighted by Crippen LogP contribution is -2.43. The molecule has 0 N–H and O–H groups in total. The molecule has 0 radical (unpaired) electrons. The van der Waals surface area contributed by atoms with Crippen LogP contribution in [0, 0.1) is 0 Å². The third kappa shape index (κ3) is 3.56. The molecule has 0 amide bonds. The Hall–Kier alpha value is -5.65. The van der Waals surface area contributed by atoms with E-state index < -0.39 is 0 Å². The van der Waals surface area contributed by atoms with Crippen LogP contribution in [0.1, 0.15) is 5.56 Å². The van der Waals surface area contributed by atoms with Crippen LogP contribution in [0.5, 0.6) is 0 Å². The van der Waals surface area contributed by atoms with E-state index in [4.69, 9.17) is 9.97 Å². The molecule has 0 bridgehead atoms. The Labute approximate surface area is 264 Å². The van der Waals surface area contributed by atoms with Crippen molar-refractivity contribution in [1.29, 1.82) is 0 Å². The molecule has 0 fully saturated rings. The van der Waals surface area contributed by atoms with E-state index in [0.29, 0.717) is 5.95 Å². The van der Waals surface area contributed by atoms with Crippen LogP contribution in [0.25, 0.3) is 48.3 Å². The fraction of sp³-hybridized carbons (Fsp3) is 0.0250. The Morgan fingerprint density at radius 1 is 0.667 bits per heavy atom. The lowest BCUT2D eigenvalue weighted by molar-refractivity contribution is 0.885. The molecule has 1 unspecified atom stereocenters. The average molecular weight is 594 g/mol. The average Bonchev–Trinajstić information content (AvgIpc) is 3.66. The lowest BCUT2D eigenvalue weighted by atomic mass is 9.92. The first-order chi connectivity index (χ1) is 22.3. The molecule has 3 aliphatic rings. The molecule has 1 atom stereocenters. The van der Waals surface area contributed by atoms with Crippen LogP contribution >= 0.6 is 11.3 Å². The van der Waals surface area contributed by atoms with Crippen LogP contribution in [0.3, 0.4) is 0 Å². The molecule has 0 saturated heterocycles. The molecule has 2 aliphatic heterocycles. The van der Waals surface area contributed by atoms with E-state index in [1.807, 2.05) is 23.5 Å². The molecule has 1 aliphatic carbocycles. The monoisotopic (exact) mass is 593 g/mol. The second kappa shape index (κ2) is 9.42. The van der Waals surface area contributed by atoms with E-state index in [-0.39, 0.29) is 6.04 Å². The van der Waals surface area contributed by atoms with Crippen LogP contribution in [0.4, 0.5) is 23.0 Å². The molecule has 45 heavy (non-hydrogen) atoms. The van der Waals surface area contributed by atoms with Gasteiger partial charge >= 0.3 is 5.95 Å². The first-order valence-corrected chi connectivity index (χ1v) is 16.0. The molecule has 10 rings (SSSR count). The Bertz CT molecular complexity index is 2380. The Balaban J connectivity index is 1.26. The van der Waals surface area contributed by atoms with E-state index in [0.717, 1.165) is 39.6 Å². The maximum atomic E-state index is 5.27. The Morgan fingerprint density at radius 2 is 1.36 bits per heavy atom. The van der Waals surface area contributed by atoms with Gasteiger partial charge in [-0.2, -0.15) is 4.58 Å². The zero-order valence-electron chi connectivity index (χ0n) is 24.1. The first-order valence-electron chi connectivity index (χ1n) is 15.2. The van der Waals surface area contributed by atoms with Crippen molar-refractivity contribution < 1.29 is 0 Å². The normalized spacial score (nSPS) is 16.1. The van der Waals surface area contributed by atoms with E-state index in [9.17, 15) is 0 Å². The van der Waals surface area contributed by atoms with E-state index in [2.05, 4.69) is 143 Å². The quantitative estimate of drug-likeness (QED) is 0.191. The molecule has 210 valence electrons. The summed E-state index contributed by atoms with van der Waals surface area (Å²) >= 11 is 1.89. The van der Waals surface area contributed by atoms with E-state index in [1.54, 1.807) is 0 Å². The largest absolute Gasteiger partial charge is 0.439 e. The highest BCUT2D eigenvalue weighted by Gasteiger charge is 2.47. The second-order valence-corrected chi connectivity index (χ2v) is 12.7. The zero-order chi connectivity index (χ0) is 29.5. The van der Waals surface area contributed by atoms with E-state index >= 15 is 0 Å². The van der Waals surface area contributed by atoms with Gasteiger partial charge < -0.3 is 4.90 Å². The number of rotatable bonds is 3. The van der Waals surface area contributed by atoms with Crippen molar-refractivity contribution in [1.82, 2.24) is 14.5 Å². The van der Waals surface area contributed by atoms with Gasteiger partial charge in [-0.1, -0.05) is 125 Å². The summed E-state index contributed by atoms with van der Waals surface area (Å²) in [5, 5.41) is 2.63. The number of para-hydroxylation sites is 2. The minimum atomic E-state index is 0.0138. The molecular weight excluding hydrogens is 569 g/mol. The molecule has 7 aromatic rings. The standard InChI is InChI=1S/C40H25N4S/c1-3-12-25(13-4-1)31-24-32(26-14-5-2-6-15-26)42-40(41-31)43-33-18-8-9-19-34(33)44-37-28(17-11-20-35(37)43)29-22-23-30-27-16-7-10-21-36(27)45-39(30)38(29)44/h1-24,37H/q+1. The number of nitrogens with zero attached hydrogens (tertiary/aromatic N) is 4. The molecule has 4 heterocycles. The summed E-state index contributed by atoms with van der Waals surface area (Å²) in [4.78, 5) is 13.1. The molecule has 4 nitrogen and oxygen atoms in total. The predicted molar refractivity (Wildman–Crippen MR) is 188 cm³/mol. The number of hydrogen-bond acceptors (Lipinski definition) is 4. The van der Waals surface area contributed by atoms with Gasteiger partial charge in [-0.3, -0.25) is 0 Å². The van der Waals surface area contributed by atoms with Crippen LogP contribution in [0.2, 0.25) is 0 Å². The highest BCUT2D eigenvalue weighted by atomic mass is 32.1. The van der Waals surface area contributed by atoms with Gasteiger partial charge in [0.2, 0.25) is 0 Å². The van der Waals surface area contributed by atoms with Gasteiger partial charge in [0.05, 0.1) is 16.1 Å². The summed E-state index contributed by atoms with van der Waals surface area (Å²) in [7, 11) is 0. The number of fused-ring (bicyclic) bond motifs is 9. The molecule has 0 spiro atoms. The van der Waals surface area contributed by atoms with Crippen molar-refractivity contribution in [2.24, 2.45) is 0 Å². The number of hydrogen-bond donors (Lipinski definition) is 0. The SMILES string of the molecule is C1=CC2=[N+](c3nc(-c4ccccc4)cc(-c4ccccc4)n3)c3ccccc3N3c4c(ccc5c4sc4ccccc45)C(=C1)C23. The van der Waals surface area contributed by atoms with Crippen molar-refractivity contribution in [3.63, 3.8) is 0 Å². The Morgan fingerprint density at radius 3 is 2.13 bits per heavy atom. The predicted octanol–water partition coefficient (Wildman–Crippen LogP) is 9.94. The number of thiophene rings is 1. The Kier molecular flexibility index (Phi) is 5.18. The van der Waals surface area contributed by atoms with Crippen molar-refractivity contribution in [2.45, 2.75) is 6.04 Å². The van der Waals surface area contributed by atoms with Crippen LogP contribution in [-0.4, -0.2) is 21.7 Å². The summed E-state index contributed by atoms with van der Waals surface area (Å²) in [6.07, 6.45) is 6.71. The van der Waals surface area contributed by atoms with E-state index in [1.165, 1.54) is 37.0 Å². The van der Waals surface area contributed by atoms with Crippen molar-refractivity contribution in [3.05, 3.63) is 151 Å². The van der Waals surface area contributed by atoms with Crippen molar-refractivity contribution in [3.8, 4) is 22.5 Å². The summed E-state index contributed by atoms with van der Waals surface area (Å²) in [6, 6.07) is 45.0. The van der Waals surface area contributed by atoms with Crippen LogP contribution in [-0.2, 0) is 0 Å². The highest BCUT2D eigenvalue weighted by molar-refractivity contribution is 7.26. The summed E-state index contributed by atoms with van der Waals surface area (Å²) in [5.41, 5.74) is 11.2. The van der Waals surface area contributed by atoms with Crippen molar-refractivity contribution in [2.75, 3.05) is 4.90 Å². The van der Waals surface area contributed by atoms with Crippen molar-refractivity contribution >= 4 is 65.8 Å². The first kappa shape index (κ1) is 24.8. The number of allylic oxidation sites excluding steroid dienone is 2. The van der Waals surface area contributed by atoms with Crippen LogP contribution < -0.4 is 9.48 Å². The minimum Gasteiger partial charge on any atom is -0.322 e. The van der Waals surface area contributed by atoms with Gasteiger partial charge in [-0.25, -0.2) is 0 Å². The smallest absolute Gasteiger partial charge is 0.322 e. The third-order valence-corrected chi connectivity index (χ3v) is 10.3. The maximum Gasteiger partial charge on any atom is 0.439 e. The molecule has 5 heteroatoms. The summed E-state index contributed by atoms with van der Waals surface area (Å²) in [5.74, 6) is 0.672. The topological polar surface area (TPSA) is 32.0 Å². The van der Waals surface area contributed by atoms with Gasteiger partial charge in [0.1, 0.15) is 17.4 Å². The molecule has 5 aromatic carbocycles.